The molecule has 0 spiro atoms. The molecule has 0 unspecified atom stereocenters. The summed E-state index contributed by atoms with van der Waals surface area (Å²) in [5.74, 6) is -1.22. The van der Waals surface area contributed by atoms with Crippen LogP contribution in [0, 0.1) is 0 Å². The van der Waals surface area contributed by atoms with Gasteiger partial charge in [-0.3, -0.25) is 9.59 Å². The van der Waals surface area contributed by atoms with Crippen LogP contribution in [-0.2, 0) is 24.4 Å². The quantitative estimate of drug-likeness (QED) is 0.311. The molecule has 0 atom stereocenters. The summed E-state index contributed by atoms with van der Waals surface area (Å²) >= 11 is 0. The number of amides is 1. The van der Waals surface area contributed by atoms with Crippen molar-refractivity contribution in [1.82, 2.24) is 0 Å². The molecule has 9 heteroatoms. The Morgan fingerprint density at radius 1 is 1.28 bits per heavy atom. The molecule has 0 heterocycles. The standard InChI is InChI=1S/C6H12O5S.C3H7NO.Na/c1-2-11-6(7)4-3-5-12(8,9)10;1-2-3(4)5;/h2-5H2,1H3,(H,8,9,10);2H2,1H3,(H2,4,5);/q;;+1/p-1. The van der Waals surface area contributed by atoms with Gasteiger partial charge in [-0.25, -0.2) is 8.42 Å². The molecule has 1 amide bonds. The Balaban J connectivity index is -0.000000321. The number of nitrogens with two attached hydrogens (primary N) is 1. The van der Waals surface area contributed by atoms with Crippen LogP contribution in [0.3, 0.4) is 0 Å². The van der Waals surface area contributed by atoms with Gasteiger partial charge in [-0.2, -0.15) is 0 Å². The smallest absolute Gasteiger partial charge is 0.748 e. The van der Waals surface area contributed by atoms with Crippen molar-refractivity contribution in [2.45, 2.75) is 33.1 Å². The van der Waals surface area contributed by atoms with Crippen molar-refractivity contribution >= 4 is 22.0 Å². The fourth-order valence-corrected chi connectivity index (χ4v) is 1.12. The van der Waals surface area contributed by atoms with Gasteiger partial charge in [-0.05, 0) is 13.3 Å². The Morgan fingerprint density at radius 2 is 1.72 bits per heavy atom. The summed E-state index contributed by atoms with van der Waals surface area (Å²) < 4.78 is 34.7. The largest absolute Gasteiger partial charge is 1.00 e. The summed E-state index contributed by atoms with van der Waals surface area (Å²) in [5.41, 5.74) is 4.65. The fraction of sp³-hybridized carbons (Fsp3) is 0.778. The van der Waals surface area contributed by atoms with Crippen molar-refractivity contribution in [2.24, 2.45) is 5.73 Å². The van der Waals surface area contributed by atoms with E-state index in [1.54, 1.807) is 13.8 Å². The van der Waals surface area contributed by atoms with Crippen molar-refractivity contribution in [3.8, 4) is 0 Å². The fourth-order valence-electron chi connectivity index (χ4n) is 0.626. The van der Waals surface area contributed by atoms with Crippen LogP contribution in [0.2, 0.25) is 0 Å². The predicted molar refractivity (Wildman–Crippen MR) is 59.9 cm³/mol. The van der Waals surface area contributed by atoms with Gasteiger partial charge in [0.2, 0.25) is 5.91 Å². The molecular formula is C9H18NNaO6S. The zero-order valence-corrected chi connectivity index (χ0v) is 13.8. The van der Waals surface area contributed by atoms with E-state index in [1.165, 1.54) is 0 Å². The Labute approximate surface area is 129 Å². The molecule has 0 saturated heterocycles. The molecule has 18 heavy (non-hydrogen) atoms. The molecule has 2 N–H and O–H groups in total. The zero-order valence-electron chi connectivity index (χ0n) is 11.0. The number of hydrogen-bond donors (Lipinski definition) is 1. The molecule has 0 aromatic heterocycles. The molecule has 0 saturated carbocycles. The van der Waals surface area contributed by atoms with Crippen LogP contribution in [0.15, 0.2) is 0 Å². The first-order valence-corrected chi connectivity index (χ1v) is 6.68. The van der Waals surface area contributed by atoms with Gasteiger partial charge in [0.25, 0.3) is 0 Å². The SMILES string of the molecule is CCC(N)=O.CCOC(=O)CCCS(=O)(=O)[O-].[Na+]. The summed E-state index contributed by atoms with van der Waals surface area (Å²) in [6.07, 6.45) is 0.458. The van der Waals surface area contributed by atoms with E-state index in [1.807, 2.05) is 0 Å². The Morgan fingerprint density at radius 3 is 2.00 bits per heavy atom. The molecule has 0 aromatic rings. The average Bonchev–Trinajstić information content (AvgIpc) is 2.17. The Hall–Kier alpha value is -0.150. The van der Waals surface area contributed by atoms with Crippen molar-refractivity contribution in [1.29, 1.82) is 0 Å². The maximum Gasteiger partial charge on any atom is 1.00 e. The second-order valence-electron chi connectivity index (χ2n) is 2.99. The number of rotatable bonds is 6. The molecule has 0 aliphatic rings. The normalized spacial score (nSPS) is 9.50. The van der Waals surface area contributed by atoms with Crippen LogP contribution in [-0.4, -0.2) is 37.2 Å². The van der Waals surface area contributed by atoms with Gasteiger partial charge in [0, 0.05) is 18.6 Å². The van der Waals surface area contributed by atoms with E-state index in [0.717, 1.165) is 0 Å². The minimum absolute atomic E-state index is 0. The van der Waals surface area contributed by atoms with Gasteiger partial charge in [0.1, 0.15) is 0 Å². The third-order valence-electron chi connectivity index (χ3n) is 1.43. The monoisotopic (exact) mass is 291 g/mol. The zero-order chi connectivity index (χ0) is 13.9. The molecule has 7 nitrogen and oxygen atoms in total. The number of esters is 1. The molecule has 0 rings (SSSR count). The number of hydrogen-bond acceptors (Lipinski definition) is 6. The summed E-state index contributed by atoms with van der Waals surface area (Å²) in [6, 6.07) is 0. The van der Waals surface area contributed by atoms with E-state index in [4.69, 9.17) is 0 Å². The van der Waals surface area contributed by atoms with Crippen LogP contribution in [0.5, 0.6) is 0 Å². The summed E-state index contributed by atoms with van der Waals surface area (Å²) in [4.78, 5) is 20.2. The van der Waals surface area contributed by atoms with Crippen molar-refractivity contribution in [3.05, 3.63) is 0 Å². The van der Waals surface area contributed by atoms with Gasteiger partial charge in [0.05, 0.1) is 16.7 Å². The van der Waals surface area contributed by atoms with Crippen LogP contribution in [0.4, 0.5) is 0 Å². The van der Waals surface area contributed by atoms with Crippen molar-refractivity contribution in [2.75, 3.05) is 12.4 Å². The Bertz CT molecular complexity index is 330. The summed E-state index contributed by atoms with van der Waals surface area (Å²) in [6.45, 7) is 3.65. The minimum atomic E-state index is -4.19. The summed E-state index contributed by atoms with van der Waals surface area (Å²) in [7, 11) is -4.19. The number of ether oxygens (including phenoxy) is 1. The average molecular weight is 291 g/mol. The molecule has 0 fully saturated rings. The van der Waals surface area contributed by atoms with Crippen LogP contribution in [0.25, 0.3) is 0 Å². The van der Waals surface area contributed by atoms with Gasteiger partial charge < -0.3 is 15.0 Å². The van der Waals surface area contributed by atoms with E-state index in [2.05, 4.69) is 10.5 Å². The topological polar surface area (TPSA) is 127 Å². The molecule has 0 radical (unpaired) electrons. The minimum Gasteiger partial charge on any atom is -0.748 e. The third kappa shape index (κ3) is 24.9. The molecule has 0 aliphatic heterocycles. The van der Waals surface area contributed by atoms with Crippen LogP contribution < -0.4 is 35.3 Å². The number of primary amides is 1. The maximum atomic E-state index is 10.6. The number of carbonyl (C=O) groups is 2. The van der Waals surface area contributed by atoms with Gasteiger partial charge >= 0.3 is 35.5 Å². The van der Waals surface area contributed by atoms with E-state index >= 15 is 0 Å². The first-order chi connectivity index (χ1) is 7.72. The van der Waals surface area contributed by atoms with Crippen LogP contribution >= 0.6 is 0 Å². The molecular weight excluding hydrogens is 273 g/mol. The second kappa shape index (κ2) is 13.3. The van der Waals surface area contributed by atoms with E-state index in [9.17, 15) is 22.6 Å². The Kier molecular flexibility index (Phi) is 17.0. The molecule has 0 aromatic carbocycles. The first kappa shape index (κ1) is 23.0. The van der Waals surface area contributed by atoms with Gasteiger partial charge in [-0.1, -0.05) is 6.92 Å². The predicted octanol–water partition coefficient (Wildman–Crippen LogP) is -3.24. The van der Waals surface area contributed by atoms with E-state index in [-0.39, 0.29) is 54.9 Å². The van der Waals surface area contributed by atoms with Crippen molar-refractivity contribution in [3.63, 3.8) is 0 Å². The molecule has 0 bridgehead atoms. The third-order valence-corrected chi connectivity index (χ3v) is 2.22. The van der Waals surface area contributed by atoms with Gasteiger partial charge in [-0.15, -0.1) is 0 Å². The van der Waals surface area contributed by atoms with Crippen molar-refractivity contribution < 1.29 is 56.9 Å². The molecule has 0 aliphatic carbocycles. The number of carbonyl (C=O) groups excluding carboxylic acids is 2. The maximum absolute atomic E-state index is 10.6. The first-order valence-electron chi connectivity index (χ1n) is 5.10. The van der Waals surface area contributed by atoms with Crippen LogP contribution in [0.1, 0.15) is 33.1 Å². The van der Waals surface area contributed by atoms with E-state index < -0.39 is 21.8 Å². The van der Waals surface area contributed by atoms with E-state index in [0.29, 0.717) is 6.42 Å². The molecule has 102 valence electrons. The summed E-state index contributed by atoms with van der Waals surface area (Å²) in [5, 5.41) is 0. The second-order valence-corrected chi connectivity index (χ2v) is 4.51. The van der Waals surface area contributed by atoms with Gasteiger partial charge in [0.15, 0.2) is 0 Å².